The van der Waals surface area contributed by atoms with Gasteiger partial charge in [-0.05, 0) is 36.8 Å². The summed E-state index contributed by atoms with van der Waals surface area (Å²) < 4.78 is 39.3. The molecule has 1 aromatic carbocycles. The molecule has 1 N–H and O–H groups in total. The molecule has 0 bridgehead atoms. The highest BCUT2D eigenvalue weighted by Crippen LogP contribution is 2.27. The number of aryl methyl sites for hydroxylation is 1. The third-order valence-corrected chi connectivity index (χ3v) is 6.54. The molecule has 0 spiro atoms. The Labute approximate surface area is 142 Å². The predicted molar refractivity (Wildman–Crippen MR) is 88.9 cm³/mol. The van der Waals surface area contributed by atoms with E-state index >= 15 is 0 Å². The van der Waals surface area contributed by atoms with Gasteiger partial charge in [-0.2, -0.15) is 4.31 Å². The SMILES string of the molecule is Cc1ccc(NC(=O)CN(C)S(=O)(=O)c2ccc(Cl)s2)cc1F. The lowest BCUT2D eigenvalue weighted by Crippen LogP contribution is -2.34. The Kier molecular flexibility index (Phi) is 5.41. The first-order valence-corrected chi connectivity index (χ1v) is 9.11. The monoisotopic (exact) mass is 376 g/mol. The van der Waals surface area contributed by atoms with Gasteiger partial charge in [-0.25, -0.2) is 12.8 Å². The molecule has 23 heavy (non-hydrogen) atoms. The number of hydrogen-bond donors (Lipinski definition) is 1. The molecule has 0 aliphatic carbocycles. The van der Waals surface area contributed by atoms with Crippen LogP contribution in [0.5, 0.6) is 0 Å². The molecule has 124 valence electrons. The number of carbonyl (C=O) groups excluding carboxylic acids is 1. The highest BCUT2D eigenvalue weighted by molar-refractivity contribution is 7.91. The van der Waals surface area contributed by atoms with Gasteiger partial charge in [0, 0.05) is 12.7 Å². The summed E-state index contributed by atoms with van der Waals surface area (Å²) in [5, 5.41) is 2.46. The summed E-state index contributed by atoms with van der Waals surface area (Å²) in [6.07, 6.45) is 0. The summed E-state index contributed by atoms with van der Waals surface area (Å²) in [5.74, 6) is -1.01. The molecule has 2 rings (SSSR count). The second kappa shape index (κ2) is 6.96. The standard InChI is InChI=1S/C14H14ClFN2O3S2/c1-9-3-4-10(7-11(9)16)17-13(19)8-18(2)23(20,21)14-6-5-12(15)22-14/h3-7H,8H2,1-2H3,(H,17,19). The van der Waals surface area contributed by atoms with Crippen molar-refractivity contribution in [2.75, 3.05) is 18.9 Å². The van der Waals surface area contributed by atoms with Crippen LogP contribution in [-0.4, -0.2) is 32.2 Å². The van der Waals surface area contributed by atoms with Crippen molar-refractivity contribution in [3.05, 3.63) is 46.0 Å². The number of carbonyl (C=O) groups is 1. The first-order valence-electron chi connectivity index (χ1n) is 6.48. The third kappa shape index (κ3) is 4.29. The van der Waals surface area contributed by atoms with Gasteiger partial charge in [0.1, 0.15) is 10.0 Å². The van der Waals surface area contributed by atoms with Crippen LogP contribution >= 0.6 is 22.9 Å². The number of likely N-dealkylation sites (N-methyl/N-ethyl adjacent to an activating group) is 1. The molecule has 1 heterocycles. The smallest absolute Gasteiger partial charge is 0.252 e. The minimum absolute atomic E-state index is 0.0548. The molecule has 0 fully saturated rings. The molecule has 9 heteroatoms. The number of rotatable bonds is 5. The van der Waals surface area contributed by atoms with Gasteiger partial charge in [0.15, 0.2) is 0 Å². The average Bonchev–Trinajstić information content (AvgIpc) is 2.90. The topological polar surface area (TPSA) is 66.5 Å². The maximum Gasteiger partial charge on any atom is 0.252 e. The summed E-state index contributed by atoms with van der Waals surface area (Å²) in [6, 6.07) is 7.11. The van der Waals surface area contributed by atoms with Crippen molar-refractivity contribution in [1.29, 1.82) is 0 Å². The summed E-state index contributed by atoms with van der Waals surface area (Å²) in [7, 11) is -2.50. The molecule has 1 amide bonds. The van der Waals surface area contributed by atoms with E-state index in [-0.39, 0.29) is 9.90 Å². The number of nitrogens with one attached hydrogen (secondary N) is 1. The van der Waals surface area contributed by atoms with Gasteiger partial charge < -0.3 is 5.32 Å². The van der Waals surface area contributed by atoms with Crippen LogP contribution in [0.15, 0.2) is 34.5 Å². The van der Waals surface area contributed by atoms with E-state index in [1.807, 2.05) is 0 Å². The summed E-state index contributed by atoms with van der Waals surface area (Å²) >= 11 is 6.64. The Hall–Kier alpha value is -1.48. The van der Waals surface area contributed by atoms with Crippen LogP contribution in [0.1, 0.15) is 5.56 Å². The van der Waals surface area contributed by atoms with Crippen LogP contribution in [0.3, 0.4) is 0 Å². The average molecular weight is 377 g/mol. The van der Waals surface area contributed by atoms with E-state index in [1.54, 1.807) is 13.0 Å². The number of nitrogens with zero attached hydrogens (tertiary/aromatic N) is 1. The Morgan fingerprint density at radius 3 is 2.61 bits per heavy atom. The maximum absolute atomic E-state index is 13.4. The van der Waals surface area contributed by atoms with Crippen LogP contribution < -0.4 is 5.32 Å². The quantitative estimate of drug-likeness (QED) is 0.871. The number of benzene rings is 1. The molecule has 1 aromatic heterocycles. The molecule has 5 nitrogen and oxygen atoms in total. The highest BCUT2D eigenvalue weighted by atomic mass is 35.5. The second-order valence-corrected chi connectivity index (χ2v) is 8.82. The summed E-state index contributed by atoms with van der Waals surface area (Å²) in [5.41, 5.74) is 0.723. The van der Waals surface area contributed by atoms with Crippen LogP contribution in [0, 0.1) is 12.7 Å². The molecular formula is C14H14ClFN2O3S2. The van der Waals surface area contributed by atoms with E-state index in [4.69, 9.17) is 11.6 Å². The van der Waals surface area contributed by atoms with E-state index < -0.39 is 28.3 Å². The zero-order valence-corrected chi connectivity index (χ0v) is 14.7. The molecule has 0 radical (unpaired) electrons. The van der Waals surface area contributed by atoms with Gasteiger partial charge in [-0.3, -0.25) is 4.79 Å². The predicted octanol–water partition coefficient (Wildman–Crippen LogP) is 3.11. The van der Waals surface area contributed by atoms with E-state index in [9.17, 15) is 17.6 Å². The van der Waals surface area contributed by atoms with Gasteiger partial charge in [0.05, 0.1) is 10.9 Å². The first-order chi connectivity index (χ1) is 10.7. The minimum atomic E-state index is -3.79. The molecule has 2 aromatic rings. The van der Waals surface area contributed by atoms with Crippen molar-refractivity contribution in [3.63, 3.8) is 0 Å². The van der Waals surface area contributed by atoms with E-state index in [1.165, 1.54) is 31.3 Å². The number of thiophene rings is 1. The van der Waals surface area contributed by atoms with Crippen molar-refractivity contribution in [3.8, 4) is 0 Å². The van der Waals surface area contributed by atoms with Crippen molar-refractivity contribution in [1.82, 2.24) is 4.31 Å². The van der Waals surface area contributed by atoms with E-state index in [2.05, 4.69) is 5.32 Å². The van der Waals surface area contributed by atoms with E-state index in [0.29, 0.717) is 9.90 Å². The highest BCUT2D eigenvalue weighted by Gasteiger charge is 2.24. The summed E-state index contributed by atoms with van der Waals surface area (Å²) in [6.45, 7) is 1.21. The lowest BCUT2D eigenvalue weighted by molar-refractivity contribution is -0.116. The maximum atomic E-state index is 13.4. The van der Waals surface area contributed by atoms with Gasteiger partial charge in [-0.15, -0.1) is 11.3 Å². The zero-order chi connectivity index (χ0) is 17.2. The van der Waals surface area contributed by atoms with Crippen LogP contribution in [-0.2, 0) is 14.8 Å². The van der Waals surface area contributed by atoms with Crippen LogP contribution in [0.2, 0.25) is 4.34 Å². The second-order valence-electron chi connectivity index (χ2n) is 4.83. The number of anilines is 1. The lowest BCUT2D eigenvalue weighted by Gasteiger charge is -2.15. The molecule has 0 aliphatic rings. The van der Waals surface area contributed by atoms with Crippen molar-refractivity contribution >= 4 is 44.6 Å². The minimum Gasteiger partial charge on any atom is -0.325 e. The first kappa shape index (κ1) is 17.9. The Balaban J connectivity index is 2.06. The Bertz CT molecular complexity index is 836. The van der Waals surface area contributed by atoms with Crippen molar-refractivity contribution in [2.45, 2.75) is 11.1 Å². The van der Waals surface area contributed by atoms with Gasteiger partial charge >= 0.3 is 0 Å². The van der Waals surface area contributed by atoms with Gasteiger partial charge in [-0.1, -0.05) is 17.7 Å². The number of hydrogen-bond acceptors (Lipinski definition) is 4. The third-order valence-electron chi connectivity index (χ3n) is 3.03. The van der Waals surface area contributed by atoms with Crippen molar-refractivity contribution < 1.29 is 17.6 Å². The molecular weight excluding hydrogens is 363 g/mol. The fraction of sp³-hybridized carbons (Fsp3) is 0.214. The summed E-state index contributed by atoms with van der Waals surface area (Å²) in [4.78, 5) is 11.9. The Morgan fingerprint density at radius 1 is 1.35 bits per heavy atom. The number of halogens is 2. The van der Waals surface area contributed by atoms with Crippen LogP contribution in [0.4, 0.5) is 10.1 Å². The van der Waals surface area contributed by atoms with Gasteiger partial charge in [0.25, 0.3) is 10.0 Å². The van der Waals surface area contributed by atoms with Gasteiger partial charge in [0.2, 0.25) is 5.91 Å². The lowest BCUT2D eigenvalue weighted by atomic mass is 10.2. The molecule has 0 atom stereocenters. The molecule has 0 saturated carbocycles. The zero-order valence-electron chi connectivity index (χ0n) is 12.3. The van der Waals surface area contributed by atoms with Crippen LogP contribution in [0.25, 0.3) is 0 Å². The normalized spacial score (nSPS) is 11.7. The molecule has 0 unspecified atom stereocenters. The fourth-order valence-corrected chi connectivity index (χ4v) is 4.57. The number of amides is 1. The Morgan fingerprint density at radius 2 is 2.04 bits per heavy atom. The molecule has 0 saturated heterocycles. The van der Waals surface area contributed by atoms with Crippen molar-refractivity contribution in [2.24, 2.45) is 0 Å². The number of sulfonamides is 1. The van der Waals surface area contributed by atoms with E-state index in [0.717, 1.165) is 15.6 Å². The fourth-order valence-electron chi connectivity index (χ4n) is 1.75. The largest absolute Gasteiger partial charge is 0.325 e. The molecule has 0 aliphatic heterocycles.